The van der Waals surface area contributed by atoms with Crippen LogP contribution in [0.15, 0.2) is 127 Å². The number of esters is 1. The second-order valence-corrected chi connectivity index (χ2v) is 11.1. The van der Waals surface area contributed by atoms with Crippen molar-refractivity contribution in [3.05, 3.63) is 150 Å². The highest BCUT2D eigenvalue weighted by atomic mass is 19.4. The molecular formula is C38H29F3N2O4. The second kappa shape index (κ2) is 13.0. The van der Waals surface area contributed by atoms with Gasteiger partial charge in [0.1, 0.15) is 12.0 Å². The Hall–Kier alpha value is -5.70. The van der Waals surface area contributed by atoms with E-state index in [0.29, 0.717) is 22.4 Å². The smallest absolute Gasteiger partial charge is 0.405 e. The van der Waals surface area contributed by atoms with Crippen LogP contribution in [0.2, 0.25) is 0 Å². The molecule has 1 aliphatic rings. The molecule has 0 atom stereocenters. The van der Waals surface area contributed by atoms with Crippen LogP contribution in [0.4, 0.5) is 18.9 Å². The summed E-state index contributed by atoms with van der Waals surface area (Å²) < 4.78 is 45.0. The third kappa shape index (κ3) is 6.37. The molecule has 9 heteroatoms. The largest absolute Gasteiger partial charge is 0.462 e. The highest BCUT2D eigenvalue weighted by Gasteiger charge is 2.49. The zero-order valence-electron chi connectivity index (χ0n) is 25.0. The van der Waals surface area contributed by atoms with E-state index in [9.17, 15) is 27.6 Å². The third-order valence-electron chi connectivity index (χ3n) is 8.25. The fourth-order valence-electron chi connectivity index (χ4n) is 6.08. The Bertz CT molecular complexity index is 1890. The average molecular weight is 635 g/mol. The molecule has 1 aliphatic carbocycles. The first-order valence-corrected chi connectivity index (χ1v) is 14.9. The molecule has 2 amide bonds. The summed E-state index contributed by atoms with van der Waals surface area (Å²) in [5.74, 6) is -1.89. The minimum Gasteiger partial charge on any atom is -0.462 e. The van der Waals surface area contributed by atoms with Crippen LogP contribution < -0.4 is 10.6 Å². The Kier molecular flexibility index (Phi) is 8.63. The Morgan fingerprint density at radius 1 is 0.638 bits per heavy atom. The highest BCUT2D eigenvalue weighted by molar-refractivity contribution is 6.07. The summed E-state index contributed by atoms with van der Waals surface area (Å²) in [6, 6.07) is 37.1. The van der Waals surface area contributed by atoms with Crippen LogP contribution in [-0.2, 0) is 14.9 Å². The molecule has 0 bridgehead atoms. The number of carbonyl (C=O) groups is 3. The molecule has 0 fully saturated rings. The number of rotatable bonds is 9. The number of halogens is 3. The van der Waals surface area contributed by atoms with Gasteiger partial charge in [0.25, 0.3) is 5.91 Å². The normalized spacial score (nSPS) is 12.8. The number of hydrogen-bond donors (Lipinski definition) is 2. The molecule has 0 spiro atoms. The fourth-order valence-corrected chi connectivity index (χ4v) is 6.08. The summed E-state index contributed by atoms with van der Waals surface area (Å²) >= 11 is 0. The second-order valence-electron chi connectivity index (χ2n) is 11.1. The van der Waals surface area contributed by atoms with E-state index in [1.54, 1.807) is 36.4 Å². The molecule has 0 aromatic heterocycles. The number of hydrogen-bond acceptors (Lipinski definition) is 4. The van der Waals surface area contributed by atoms with E-state index in [2.05, 4.69) is 10.6 Å². The van der Waals surface area contributed by atoms with Crippen molar-refractivity contribution in [2.45, 2.75) is 18.0 Å². The quantitative estimate of drug-likeness (QED) is 0.162. The fraction of sp³-hybridized carbons (Fsp3) is 0.132. The Morgan fingerprint density at radius 3 is 1.79 bits per heavy atom. The van der Waals surface area contributed by atoms with Gasteiger partial charge in [-0.25, -0.2) is 4.79 Å². The SMILES string of the molecule is O=C(Nc1ccccc1-c1ccccc1)c1ccc(C(=O)OCCC2(C(=O)NCC(F)(F)F)c3ccccc3-c3ccccc32)cc1. The van der Waals surface area contributed by atoms with E-state index >= 15 is 0 Å². The number of benzene rings is 5. The standard InChI is InChI=1S/C38H29F3N2O4/c39-38(40,41)24-42-36(46)37(31-15-7-4-13-29(31)30-14-5-8-16-32(30)37)22-23-47-35(45)27-20-18-26(19-21-27)34(44)43-33-17-9-6-12-28(33)25-10-2-1-3-11-25/h1-21H,22-24H2,(H,42,46)(H,43,44). The predicted octanol–water partition coefficient (Wildman–Crippen LogP) is 7.80. The predicted molar refractivity (Wildman–Crippen MR) is 173 cm³/mol. The number of ether oxygens (including phenoxy) is 1. The van der Waals surface area contributed by atoms with Crippen LogP contribution in [-0.4, -0.2) is 37.1 Å². The minimum absolute atomic E-state index is 0.0855. The molecule has 6 nitrogen and oxygen atoms in total. The molecule has 0 aliphatic heterocycles. The Labute approximate surface area is 269 Å². The van der Waals surface area contributed by atoms with Crippen LogP contribution in [0.3, 0.4) is 0 Å². The number of para-hydroxylation sites is 1. The number of fused-ring (bicyclic) bond motifs is 3. The zero-order valence-corrected chi connectivity index (χ0v) is 25.0. The van der Waals surface area contributed by atoms with E-state index in [1.807, 2.05) is 66.7 Å². The van der Waals surface area contributed by atoms with Crippen molar-refractivity contribution in [2.75, 3.05) is 18.5 Å². The van der Waals surface area contributed by atoms with Crippen molar-refractivity contribution in [2.24, 2.45) is 0 Å². The first-order chi connectivity index (χ1) is 22.7. The molecule has 6 rings (SSSR count). The third-order valence-corrected chi connectivity index (χ3v) is 8.25. The van der Waals surface area contributed by atoms with Crippen LogP contribution in [0.25, 0.3) is 22.3 Å². The van der Waals surface area contributed by atoms with Crippen molar-refractivity contribution in [1.29, 1.82) is 0 Å². The monoisotopic (exact) mass is 634 g/mol. The molecule has 47 heavy (non-hydrogen) atoms. The molecule has 0 radical (unpaired) electrons. The maximum absolute atomic E-state index is 13.6. The van der Waals surface area contributed by atoms with Crippen molar-refractivity contribution in [1.82, 2.24) is 5.32 Å². The van der Waals surface area contributed by atoms with E-state index in [-0.39, 0.29) is 24.5 Å². The topological polar surface area (TPSA) is 84.5 Å². The van der Waals surface area contributed by atoms with Crippen molar-refractivity contribution < 1.29 is 32.3 Å². The van der Waals surface area contributed by atoms with Gasteiger partial charge >= 0.3 is 12.1 Å². The van der Waals surface area contributed by atoms with E-state index in [4.69, 9.17) is 4.74 Å². The molecule has 5 aromatic carbocycles. The lowest BCUT2D eigenvalue weighted by Crippen LogP contribution is -2.47. The summed E-state index contributed by atoms with van der Waals surface area (Å²) in [7, 11) is 0. The summed E-state index contributed by atoms with van der Waals surface area (Å²) in [5, 5.41) is 4.99. The molecular weight excluding hydrogens is 605 g/mol. The Morgan fingerprint density at radius 2 is 1.17 bits per heavy atom. The van der Waals surface area contributed by atoms with Crippen LogP contribution in [0.5, 0.6) is 0 Å². The van der Waals surface area contributed by atoms with Gasteiger partial charge in [-0.1, -0.05) is 97.1 Å². The number of carbonyl (C=O) groups excluding carboxylic acids is 3. The maximum atomic E-state index is 13.6. The van der Waals surface area contributed by atoms with Crippen LogP contribution in [0.1, 0.15) is 38.3 Å². The summed E-state index contributed by atoms with van der Waals surface area (Å²) in [6.45, 7) is -1.74. The highest BCUT2D eigenvalue weighted by Crippen LogP contribution is 2.51. The van der Waals surface area contributed by atoms with Gasteiger partial charge in [0.15, 0.2) is 0 Å². The van der Waals surface area contributed by atoms with Crippen molar-refractivity contribution >= 4 is 23.5 Å². The van der Waals surface area contributed by atoms with Gasteiger partial charge < -0.3 is 15.4 Å². The van der Waals surface area contributed by atoms with Crippen LogP contribution >= 0.6 is 0 Å². The summed E-state index contributed by atoms with van der Waals surface area (Å²) in [6.07, 6.45) is -4.69. The van der Waals surface area contributed by atoms with Crippen LogP contribution in [0, 0.1) is 0 Å². The first-order valence-electron chi connectivity index (χ1n) is 14.9. The number of amides is 2. The van der Waals surface area contributed by atoms with Gasteiger partial charge in [-0.3, -0.25) is 9.59 Å². The average Bonchev–Trinajstić information content (AvgIpc) is 3.38. The lowest BCUT2D eigenvalue weighted by atomic mass is 9.74. The van der Waals surface area contributed by atoms with Crippen molar-refractivity contribution in [3.63, 3.8) is 0 Å². The van der Waals surface area contributed by atoms with E-state index in [1.165, 1.54) is 24.3 Å². The summed E-state index contributed by atoms with van der Waals surface area (Å²) in [5.41, 5.74) is 3.99. The number of anilines is 1. The first kappa shape index (κ1) is 31.3. The minimum atomic E-state index is -4.60. The lowest BCUT2D eigenvalue weighted by molar-refractivity contribution is -0.141. The van der Waals surface area contributed by atoms with Gasteiger partial charge in [0.05, 0.1) is 12.2 Å². The van der Waals surface area contributed by atoms with Gasteiger partial charge in [0.2, 0.25) is 5.91 Å². The van der Waals surface area contributed by atoms with Gasteiger partial charge in [-0.15, -0.1) is 0 Å². The lowest BCUT2D eigenvalue weighted by Gasteiger charge is -2.31. The molecule has 0 unspecified atom stereocenters. The molecule has 5 aromatic rings. The van der Waals surface area contributed by atoms with Gasteiger partial charge in [0, 0.05) is 23.2 Å². The molecule has 0 saturated heterocycles. The zero-order chi connectivity index (χ0) is 33.0. The van der Waals surface area contributed by atoms with Crippen molar-refractivity contribution in [3.8, 4) is 22.3 Å². The van der Waals surface area contributed by atoms with Gasteiger partial charge in [-0.2, -0.15) is 13.2 Å². The number of alkyl halides is 3. The van der Waals surface area contributed by atoms with Gasteiger partial charge in [-0.05, 0) is 58.1 Å². The van der Waals surface area contributed by atoms with E-state index < -0.39 is 30.0 Å². The van der Waals surface area contributed by atoms with E-state index in [0.717, 1.165) is 22.3 Å². The molecule has 236 valence electrons. The summed E-state index contributed by atoms with van der Waals surface area (Å²) in [4.78, 5) is 39.8. The maximum Gasteiger partial charge on any atom is 0.405 e. The molecule has 0 heterocycles. The Balaban J connectivity index is 1.17. The molecule has 2 N–H and O–H groups in total. The molecule has 0 saturated carbocycles. The number of nitrogens with one attached hydrogen (secondary N) is 2.